The minimum atomic E-state index is 0. The standard InChI is InChI=1S/C9H15.K/c1-3-5-7-9-8-6-4-2;/h3-5H,1-2,6-9H2;/q;+1. The molecule has 0 aliphatic rings. The minimum Gasteiger partial charge on any atom is -0.103 e. The van der Waals surface area contributed by atoms with Crippen LogP contribution < -0.4 is 51.4 Å². The summed E-state index contributed by atoms with van der Waals surface area (Å²) < 4.78 is 0. The van der Waals surface area contributed by atoms with Crippen molar-refractivity contribution in [1.82, 2.24) is 0 Å². The maximum absolute atomic E-state index is 3.65. The Bertz CT molecular complexity index is 66.8. The van der Waals surface area contributed by atoms with Crippen molar-refractivity contribution in [2.75, 3.05) is 0 Å². The van der Waals surface area contributed by atoms with Gasteiger partial charge in [0.1, 0.15) is 0 Å². The maximum atomic E-state index is 3.65. The first-order valence-corrected chi connectivity index (χ1v) is 3.47. The Morgan fingerprint density at radius 1 is 1.00 bits per heavy atom. The number of hydrogen-bond donors (Lipinski definition) is 0. The van der Waals surface area contributed by atoms with E-state index in [1.165, 1.54) is 12.8 Å². The SMILES string of the molecule is C=C[CH]CCCCC=C.[K+]. The second-order valence-electron chi connectivity index (χ2n) is 2.04. The van der Waals surface area contributed by atoms with Gasteiger partial charge in [-0.1, -0.05) is 18.6 Å². The quantitative estimate of drug-likeness (QED) is 0.296. The molecule has 0 saturated heterocycles. The number of unbranched alkanes of at least 4 members (excludes halogenated alkanes) is 4. The van der Waals surface area contributed by atoms with Crippen molar-refractivity contribution in [2.24, 2.45) is 0 Å². The summed E-state index contributed by atoms with van der Waals surface area (Å²) >= 11 is 0. The van der Waals surface area contributed by atoms with E-state index in [0.29, 0.717) is 0 Å². The summed E-state index contributed by atoms with van der Waals surface area (Å²) in [6, 6.07) is 0. The molecule has 0 bridgehead atoms. The van der Waals surface area contributed by atoms with Gasteiger partial charge in [0.05, 0.1) is 0 Å². The molecular weight excluding hydrogens is 147 g/mol. The third kappa shape index (κ3) is 11.9. The van der Waals surface area contributed by atoms with E-state index < -0.39 is 0 Å². The van der Waals surface area contributed by atoms with Crippen molar-refractivity contribution in [3.63, 3.8) is 0 Å². The van der Waals surface area contributed by atoms with Crippen LogP contribution in [0.3, 0.4) is 0 Å². The van der Waals surface area contributed by atoms with Crippen molar-refractivity contribution >= 4 is 0 Å². The van der Waals surface area contributed by atoms with Gasteiger partial charge in [-0.2, -0.15) is 0 Å². The smallest absolute Gasteiger partial charge is 0.103 e. The van der Waals surface area contributed by atoms with E-state index in [4.69, 9.17) is 0 Å². The van der Waals surface area contributed by atoms with Crippen LogP contribution in [0.1, 0.15) is 25.7 Å². The van der Waals surface area contributed by atoms with Gasteiger partial charge in [-0.3, -0.25) is 0 Å². The minimum absolute atomic E-state index is 0. The number of hydrogen-bond acceptors (Lipinski definition) is 0. The predicted octanol–water partition coefficient (Wildman–Crippen LogP) is 0.127. The summed E-state index contributed by atoms with van der Waals surface area (Å²) in [7, 11) is 0. The van der Waals surface area contributed by atoms with Crippen LogP contribution in [0.25, 0.3) is 0 Å². The van der Waals surface area contributed by atoms with Crippen LogP contribution >= 0.6 is 0 Å². The summed E-state index contributed by atoms with van der Waals surface area (Å²) in [5.74, 6) is 0. The molecule has 0 aromatic heterocycles. The van der Waals surface area contributed by atoms with Crippen LogP contribution in [0, 0.1) is 6.42 Å². The van der Waals surface area contributed by atoms with Gasteiger partial charge in [-0.05, 0) is 25.7 Å². The number of allylic oxidation sites excluding steroid dienone is 2. The Kier molecular flexibility index (Phi) is 17.5. The second-order valence-corrected chi connectivity index (χ2v) is 2.04. The van der Waals surface area contributed by atoms with Crippen LogP contribution in [0.15, 0.2) is 25.3 Å². The molecular formula is C9H15K+. The molecule has 0 N–H and O–H groups in total. The molecule has 51 valence electrons. The summed E-state index contributed by atoms with van der Waals surface area (Å²) in [5, 5.41) is 0. The van der Waals surface area contributed by atoms with Crippen LogP contribution in [-0.4, -0.2) is 0 Å². The van der Waals surface area contributed by atoms with Gasteiger partial charge in [-0.15, -0.1) is 13.2 Å². The Labute approximate surface area is 107 Å². The van der Waals surface area contributed by atoms with E-state index in [0.717, 1.165) is 12.8 Å². The van der Waals surface area contributed by atoms with Gasteiger partial charge >= 0.3 is 51.4 Å². The monoisotopic (exact) mass is 162 g/mol. The molecule has 0 aliphatic heterocycles. The first-order valence-electron chi connectivity index (χ1n) is 3.47. The Morgan fingerprint density at radius 2 is 1.60 bits per heavy atom. The molecule has 0 heterocycles. The molecule has 0 saturated carbocycles. The van der Waals surface area contributed by atoms with Gasteiger partial charge < -0.3 is 0 Å². The average molecular weight is 162 g/mol. The molecule has 1 radical (unpaired) electrons. The summed E-state index contributed by atoms with van der Waals surface area (Å²) in [4.78, 5) is 0. The van der Waals surface area contributed by atoms with Gasteiger partial charge in [0.2, 0.25) is 0 Å². The predicted molar refractivity (Wildman–Crippen MR) is 43.2 cm³/mol. The molecule has 0 rings (SSSR count). The largest absolute Gasteiger partial charge is 1.00 e. The van der Waals surface area contributed by atoms with E-state index in [1.807, 2.05) is 12.2 Å². The molecule has 1 heteroatoms. The van der Waals surface area contributed by atoms with Crippen molar-refractivity contribution in [1.29, 1.82) is 0 Å². The Morgan fingerprint density at radius 3 is 2.10 bits per heavy atom. The fourth-order valence-electron chi connectivity index (χ4n) is 0.669. The van der Waals surface area contributed by atoms with Crippen LogP contribution in [0.2, 0.25) is 0 Å². The normalized spacial score (nSPS) is 8.00. The molecule has 0 amide bonds. The first-order chi connectivity index (χ1) is 4.41. The molecule has 0 aromatic rings. The zero-order valence-corrected chi connectivity index (χ0v) is 10.1. The van der Waals surface area contributed by atoms with E-state index in [2.05, 4.69) is 19.6 Å². The second kappa shape index (κ2) is 12.8. The molecule has 0 unspecified atom stereocenters. The van der Waals surface area contributed by atoms with E-state index in [9.17, 15) is 0 Å². The van der Waals surface area contributed by atoms with Crippen LogP contribution in [0.4, 0.5) is 0 Å². The fraction of sp³-hybridized carbons (Fsp3) is 0.444. The van der Waals surface area contributed by atoms with Crippen molar-refractivity contribution in [3.8, 4) is 0 Å². The van der Waals surface area contributed by atoms with Crippen molar-refractivity contribution < 1.29 is 51.4 Å². The summed E-state index contributed by atoms with van der Waals surface area (Å²) in [6.07, 6.45) is 10.7. The zero-order chi connectivity index (χ0) is 6.95. The molecule has 0 spiro atoms. The van der Waals surface area contributed by atoms with Crippen LogP contribution in [0.5, 0.6) is 0 Å². The number of rotatable bonds is 6. The van der Waals surface area contributed by atoms with Crippen molar-refractivity contribution in [3.05, 3.63) is 31.7 Å². The molecule has 0 aliphatic carbocycles. The van der Waals surface area contributed by atoms with E-state index in [-0.39, 0.29) is 51.4 Å². The zero-order valence-electron chi connectivity index (χ0n) is 6.97. The van der Waals surface area contributed by atoms with Gasteiger partial charge in [-0.25, -0.2) is 0 Å². The third-order valence-corrected chi connectivity index (χ3v) is 1.20. The average Bonchev–Trinajstić information content (AvgIpc) is 1.89. The molecule has 10 heavy (non-hydrogen) atoms. The first kappa shape index (κ1) is 13.7. The summed E-state index contributed by atoms with van der Waals surface area (Å²) in [5.41, 5.74) is 0. The maximum Gasteiger partial charge on any atom is 1.00 e. The van der Waals surface area contributed by atoms with Crippen LogP contribution in [-0.2, 0) is 0 Å². The Hall–Kier alpha value is 1.12. The van der Waals surface area contributed by atoms with E-state index in [1.54, 1.807) is 0 Å². The molecule has 0 aromatic carbocycles. The Balaban J connectivity index is 0. The topological polar surface area (TPSA) is 0 Å². The van der Waals surface area contributed by atoms with Gasteiger partial charge in [0, 0.05) is 0 Å². The molecule has 0 atom stereocenters. The fourth-order valence-corrected chi connectivity index (χ4v) is 0.669. The van der Waals surface area contributed by atoms with Gasteiger partial charge in [0.15, 0.2) is 0 Å². The molecule has 0 fully saturated rings. The van der Waals surface area contributed by atoms with E-state index >= 15 is 0 Å². The van der Waals surface area contributed by atoms with Gasteiger partial charge in [0.25, 0.3) is 0 Å². The van der Waals surface area contributed by atoms with Crippen molar-refractivity contribution in [2.45, 2.75) is 25.7 Å². The third-order valence-electron chi connectivity index (χ3n) is 1.20. The summed E-state index contributed by atoms with van der Waals surface area (Å²) in [6.45, 7) is 7.25. The molecule has 0 nitrogen and oxygen atoms in total.